The quantitative estimate of drug-likeness (QED) is 0.789. The van der Waals surface area contributed by atoms with Crippen molar-refractivity contribution in [1.29, 1.82) is 0 Å². The zero-order valence-electron chi connectivity index (χ0n) is 10.7. The second kappa shape index (κ2) is 6.11. The van der Waals surface area contributed by atoms with E-state index in [1.165, 1.54) is 12.1 Å². The van der Waals surface area contributed by atoms with E-state index < -0.39 is 15.9 Å². The lowest BCUT2D eigenvalue weighted by molar-refractivity contribution is 0.0887. The molecule has 0 bridgehead atoms. The van der Waals surface area contributed by atoms with Crippen molar-refractivity contribution in [2.45, 2.75) is 18.2 Å². The maximum absolute atomic E-state index is 12.2. The summed E-state index contributed by atoms with van der Waals surface area (Å²) >= 11 is 5.99. The summed E-state index contributed by atoms with van der Waals surface area (Å²) in [7, 11) is -3.76. The largest absolute Gasteiger partial charge is 0.479 e. The highest BCUT2D eigenvalue weighted by Gasteiger charge is 2.40. The molecule has 1 heterocycles. The van der Waals surface area contributed by atoms with Crippen LogP contribution in [0.4, 0.5) is 0 Å². The van der Waals surface area contributed by atoms with Gasteiger partial charge in [-0.25, -0.2) is 12.7 Å². The minimum atomic E-state index is -3.76. The van der Waals surface area contributed by atoms with Crippen molar-refractivity contribution in [3.05, 3.63) is 29.8 Å². The molecule has 0 spiro atoms. The highest BCUT2D eigenvalue weighted by atomic mass is 32.2. The highest BCUT2D eigenvalue weighted by Crippen LogP contribution is 2.31. The van der Waals surface area contributed by atoms with Crippen LogP contribution < -0.4 is 0 Å². The second-order valence-electron chi connectivity index (χ2n) is 4.03. The van der Waals surface area contributed by atoms with Gasteiger partial charge in [-0.1, -0.05) is 30.8 Å². The van der Waals surface area contributed by atoms with Gasteiger partial charge in [0.15, 0.2) is 0 Å². The standard InChI is InChI=1S/C12H13NO4S3/c1-2-7-17-12(18)19-8-13-11(14)9-5-3-4-6-10(9)20(13,15)16/h3-6H,2,7-8H2,1H3. The van der Waals surface area contributed by atoms with Crippen LogP contribution in [0.5, 0.6) is 0 Å². The molecule has 108 valence electrons. The molecule has 0 N–H and O–H groups in total. The molecule has 0 fully saturated rings. The Kier molecular flexibility index (Phi) is 4.66. The number of fused-ring (bicyclic) bond motifs is 1. The van der Waals surface area contributed by atoms with Crippen LogP contribution >= 0.6 is 24.0 Å². The van der Waals surface area contributed by atoms with Crippen LogP contribution in [0.3, 0.4) is 0 Å². The van der Waals surface area contributed by atoms with Gasteiger partial charge in [0.1, 0.15) is 4.90 Å². The Labute approximate surface area is 127 Å². The maximum atomic E-state index is 12.2. The van der Waals surface area contributed by atoms with Gasteiger partial charge in [0.05, 0.1) is 18.0 Å². The van der Waals surface area contributed by atoms with Crippen LogP contribution in [0.25, 0.3) is 0 Å². The number of sulfonamides is 1. The van der Waals surface area contributed by atoms with E-state index in [1.54, 1.807) is 12.1 Å². The zero-order valence-corrected chi connectivity index (χ0v) is 13.2. The van der Waals surface area contributed by atoms with Gasteiger partial charge in [0, 0.05) is 0 Å². The van der Waals surface area contributed by atoms with Gasteiger partial charge in [-0.2, -0.15) is 0 Å². The van der Waals surface area contributed by atoms with Crippen LogP contribution in [0.2, 0.25) is 0 Å². The van der Waals surface area contributed by atoms with Gasteiger partial charge in [-0.3, -0.25) is 4.79 Å². The Bertz CT molecular complexity index is 642. The Morgan fingerprint density at radius 2 is 2.10 bits per heavy atom. The lowest BCUT2D eigenvalue weighted by Crippen LogP contribution is -2.30. The summed E-state index contributed by atoms with van der Waals surface area (Å²) in [5.74, 6) is -0.593. The minimum absolute atomic E-state index is 0.0472. The number of hydrogen-bond donors (Lipinski definition) is 0. The molecule has 0 saturated heterocycles. The summed E-state index contributed by atoms with van der Waals surface area (Å²) in [5, 5.41) is 0. The molecule has 1 aliphatic rings. The van der Waals surface area contributed by atoms with E-state index >= 15 is 0 Å². The third-order valence-corrected chi connectivity index (χ3v) is 5.80. The number of rotatable bonds is 4. The molecule has 0 radical (unpaired) electrons. The third-order valence-electron chi connectivity index (χ3n) is 2.64. The summed E-state index contributed by atoms with van der Waals surface area (Å²) in [6, 6.07) is 6.16. The number of carbonyl (C=O) groups is 1. The molecule has 8 heteroatoms. The summed E-state index contributed by atoms with van der Waals surface area (Å²) < 4.78 is 30.7. The molecule has 1 amide bonds. The molecule has 0 unspecified atom stereocenters. The third kappa shape index (κ3) is 2.82. The first kappa shape index (κ1) is 15.3. The smallest absolute Gasteiger partial charge is 0.269 e. The number of hydrogen-bond acceptors (Lipinski definition) is 6. The Morgan fingerprint density at radius 3 is 2.75 bits per heavy atom. The summed E-state index contributed by atoms with van der Waals surface area (Å²) in [4.78, 5) is 12.1. The molecule has 2 rings (SSSR count). The van der Waals surface area contributed by atoms with Crippen LogP contribution in [-0.2, 0) is 14.8 Å². The molecule has 1 aliphatic heterocycles. The number of carbonyl (C=O) groups excluding carboxylic acids is 1. The predicted molar refractivity (Wildman–Crippen MR) is 81.1 cm³/mol. The molecular formula is C12H13NO4S3. The highest BCUT2D eigenvalue weighted by molar-refractivity contribution is 8.22. The second-order valence-corrected chi connectivity index (χ2v) is 7.40. The fraction of sp³-hybridized carbons (Fsp3) is 0.333. The van der Waals surface area contributed by atoms with Crippen LogP contribution in [0, 0.1) is 0 Å². The topological polar surface area (TPSA) is 63.7 Å². The molecule has 20 heavy (non-hydrogen) atoms. The lowest BCUT2D eigenvalue weighted by Gasteiger charge is -2.14. The normalized spacial score (nSPS) is 16.1. The number of thiocarbonyl (C=S) groups is 1. The van der Waals surface area contributed by atoms with Gasteiger partial charge < -0.3 is 4.74 Å². The van der Waals surface area contributed by atoms with Crippen LogP contribution in [0.15, 0.2) is 29.2 Å². The number of thioether (sulfide) groups is 1. The number of ether oxygens (including phenoxy) is 1. The Hall–Kier alpha value is -1.12. The maximum Gasteiger partial charge on any atom is 0.269 e. The minimum Gasteiger partial charge on any atom is -0.479 e. The van der Waals surface area contributed by atoms with E-state index in [0.717, 1.165) is 22.5 Å². The SMILES string of the molecule is CCCOC(=S)SCN1C(=O)c2ccccc2S1(=O)=O. The van der Waals surface area contributed by atoms with E-state index in [4.69, 9.17) is 17.0 Å². The average Bonchev–Trinajstić information content (AvgIpc) is 2.63. The van der Waals surface area contributed by atoms with Crippen molar-refractivity contribution < 1.29 is 17.9 Å². The van der Waals surface area contributed by atoms with Crippen LogP contribution in [0.1, 0.15) is 23.7 Å². The van der Waals surface area contributed by atoms with E-state index in [-0.39, 0.29) is 20.7 Å². The molecule has 1 aromatic rings. The van der Waals surface area contributed by atoms with Crippen LogP contribution in [-0.4, -0.2) is 35.5 Å². The van der Waals surface area contributed by atoms with Crippen molar-refractivity contribution in [3.63, 3.8) is 0 Å². The van der Waals surface area contributed by atoms with Gasteiger partial charge in [-0.05, 0) is 30.8 Å². The Morgan fingerprint density at radius 1 is 1.40 bits per heavy atom. The van der Waals surface area contributed by atoms with E-state index in [1.807, 2.05) is 6.92 Å². The van der Waals surface area contributed by atoms with E-state index in [2.05, 4.69) is 0 Å². The van der Waals surface area contributed by atoms with Crippen molar-refractivity contribution in [1.82, 2.24) is 4.31 Å². The van der Waals surface area contributed by atoms with Crippen molar-refractivity contribution in [3.8, 4) is 0 Å². The zero-order chi connectivity index (χ0) is 14.8. The van der Waals surface area contributed by atoms with Gasteiger partial charge in [0.25, 0.3) is 15.9 Å². The van der Waals surface area contributed by atoms with Crippen molar-refractivity contribution in [2.75, 3.05) is 12.5 Å². The van der Waals surface area contributed by atoms with Gasteiger partial charge >= 0.3 is 0 Å². The molecular weight excluding hydrogens is 318 g/mol. The summed E-state index contributed by atoms with van der Waals surface area (Å²) in [5.41, 5.74) is 0.202. The number of amides is 1. The van der Waals surface area contributed by atoms with Gasteiger partial charge in [-0.15, -0.1) is 0 Å². The lowest BCUT2D eigenvalue weighted by atomic mass is 10.2. The first-order valence-corrected chi connectivity index (χ1v) is 8.77. The Balaban J connectivity index is 2.12. The predicted octanol–water partition coefficient (Wildman–Crippen LogP) is 2.23. The fourth-order valence-electron chi connectivity index (χ4n) is 1.70. The monoisotopic (exact) mass is 331 g/mol. The summed E-state index contributed by atoms with van der Waals surface area (Å²) in [6.07, 6.45) is 0.813. The first-order valence-electron chi connectivity index (χ1n) is 5.94. The molecule has 0 atom stereocenters. The van der Waals surface area contributed by atoms with Gasteiger partial charge in [0.2, 0.25) is 4.38 Å². The molecule has 0 aromatic heterocycles. The average molecular weight is 331 g/mol. The molecule has 1 aromatic carbocycles. The molecule has 0 aliphatic carbocycles. The fourth-order valence-corrected chi connectivity index (χ4v) is 4.40. The summed E-state index contributed by atoms with van der Waals surface area (Å²) in [6.45, 7) is 2.42. The number of benzene rings is 1. The van der Waals surface area contributed by atoms with E-state index in [0.29, 0.717) is 6.61 Å². The first-order chi connectivity index (χ1) is 9.48. The van der Waals surface area contributed by atoms with Crippen molar-refractivity contribution in [2.24, 2.45) is 0 Å². The molecule has 0 saturated carbocycles. The molecule has 5 nitrogen and oxygen atoms in total. The van der Waals surface area contributed by atoms with Crippen molar-refractivity contribution >= 4 is 44.3 Å². The number of nitrogens with zero attached hydrogens (tertiary/aromatic N) is 1. The van der Waals surface area contributed by atoms with E-state index in [9.17, 15) is 13.2 Å².